The monoisotopic (exact) mass is 425 g/mol. The number of aromatic hydroxyl groups is 1. The van der Waals surface area contributed by atoms with Crippen molar-refractivity contribution in [3.05, 3.63) is 57.1 Å². The Morgan fingerprint density at radius 1 is 1.17 bits per heavy atom. The zero-order valence-electron chi connectivity index (χ0n) is 12.8. The number of phenolic OH excluding ortho intramolecular Hbond substituents is 1. The molecule has 3 N–H and O–H groups in total. The highest BCUT2D eigenvalue weighted by Gasteiger charge is 2.31. The predicted molar refractivity (Wildman–Crippen MR) is 91.7 cm³/mol. The second kappa shape index (κ2) is 7.63. The largest absolute Gasteiger partial charge is 0.573 e. The van der Waals surface area contributed by atoms with Gasteiger partial charge in [-0.05, 0) is 48.7 Å². The average molecular weight is 427 g/mol. The number of nitrogens with two attached hydrogens (primary N) is 1. The van der Waals surface area contributed by atoms with Gasteiger partial charge in [-0.15, -0.1) is 25.6 Å². The van der Waals surface area contributed by atoms with Crippen LogP contribution in [0.15, 0.2) is 34.8 Å². The molecule has 0 fully saturated rings. The SMILES string of the molecule is Cc1cc(O)c([C@@H](N)c2ccc(OC(F)(F)F)cc2)c(C)c1Br.Cl. The molecular weight excluding hydrogens is 411 g/mol. The first-order chi connectivity index (χ1) is 10.6. The van der Waals surface area contributed by atoms with Gasteiger partial charge in [0.2, 0.25) is 0 Å². The maximum atomic E-state index is 12.2. The summed E-state index contributed by atoms with van der Waals surface area (Å²) < 4.78 is 41.2. The van der Waals surface area contributed by atoms with Crippen molar-refractivity contribution in [2.24, 2.45) is 5.73 Å². The van der Waals surface area contributed by atoms with Gasteiger partial charge in [-0.2, -0.15) is 0 Å². The Balaban J connectivity index is 0.00000288. The number of rotatable bonds is 3. The van der Waals surface area contributed by atoms with Crippen LogP contribution in [-0.4, -0.2) is 11.5 Å². The van der Waals surface area contributed by atoms with Crippen molar-refractivity contribution < 1.29 is 23.0 Å². The van der Waals surface area contributed by atoms with E-state index >= 15 is 0 Å². The molecule has 0 amide bonds. The van der Waals surface area contributed by atoms with Crippen molar-refractivity contribution in [1.82, 2.24) is 0 Å². The zero-order chi connectivity index (χ0) is 17.4. The fourth-order valence-electron chi connectivity index (χ4n) is 2.39. The Bertz CT molecular complexity index is 721. The normalized spacial score (nSPS) is 12.5. The highest BCUT2D eigenvalue weighted by Crippen LogP contribution is 2.37. The number of hydrogen-bond donors (Lipinski definition) is 2. The molecule has 132 valence electrons. The van der Waals surface area contributed by atoms with E-state index in [1.54, 1.807) is 6.07 Å². The predicted octanol–water partition coefficient (Wildman–Crippen LogP) is 5.14. The molecule has 0 saturated heterocycles. The molecule has 8 heteroatoms. The summed E-state index contributed by atoms with van der Waals surface area (Å²) in [4.78, 5) is 0. The van der Waals surface area contributed by atoms with E-state index in [1.165, 1.54) is 24.3 Å². The lowest BCUT2D eigenvalue weighted by molar-refractivity contribution is -0.274. The number of benzene rings is 2. The highest BCUT2D eigenvalue weighted by atomic mass is 79.9. The van der Waals surface area contributed by atoms with Crippen LogP contribution in [0.5, 0.6) is 11.5 Å². The van der Waals surface area contributed by atoms with Gasteiger partial charge >= 0.3 is 6.36 Å². The van der Waals surface area contributed by atoms with E-state index in [0.29, 0.717) is 11.1 Å². The Morgan fingerprint density at radius 3 is 2.21 bits per heavy atom. The van der Waals surface area contributed by atoms with Crippen molar-refractivity contribution >= 4 is 28.3 Å². The fourth-order valence-corrected chi connectivity index (χ4v) is 2.72. The van der Waals surface area contributed by atoms with E-state index in [-0.39, 0.29) is 23.9 Å². The smallest absolute Gasteiger partial charge is 0.508 e. The van der Waals surface area contributed by atoms with Crippen LogP contribution in [0.3, 0.4) is 0 Å². The van der Waals surface area contributed by atoms with E-state index in [1.807, 2.05) is 13.8 Å². The minimum absolute atomic E-state index is 0. The summed E-state index contributed by atoms with van der Waals surface area (Å²) in [5.74, 6) is -0.272. The van der Waals surface area contributed by atoms with E-state index in [4.69, 9.17) is 5.73 Å². The first-order valence-corrected chi connectivity index (χ1v) is 7.49. The second-order valence-electron chi connectivity index (χ2n) is 5.16. The molecular formula is C16H16BrClF3NO2. The van der Waals surface area contributed by atoms with Gasteiger partial charge in [0.1, 0.15) is 11.5 Å². The maximum absolute atomic E-state index is 12.2. The number of aryl methyl sites for hydroxylation is 1. The molecule has 0 bridgehead atoms. The van der Waals surface area contributed by atoms with Crippen LogP contribution in [0.4, 0.5) is 13.2 Å². The molecule has 0 heterocycles. The topological polar surface area (TPSA) is 55.5 Å². The fraction of sp³-hybridized carbons (Fsp3) is 0.250. The third kappa shape index (κ3) is 4.55. The molecule has 24 heavy (non-hydrogen) atoms. The van der Waals surface area contributed by atoms with Gasteiger partial charge in [0, 0.05) is 10.0 Å². The number of ether oxygens (including phenoxy) is 1. The molecule has 0 spiro atoms. The second-order valence-corrected chi connectivity index (χ2v) is 5.95. The molecule has 3 nitrogen and oxygen atoms in total. The lowest BCUT2D eigenvalue weighted by atomic mass is 9.93. The molecule has 2 aromatic rings. The van der Waals surface area contributed by atoms with Crippen LogP contribution in [-0.2, 0) is 0 Å². The third-order valence-electron chi connectivity index (χ3n) is 3.49. The van der Waals surface area contributed by atoms with E-state index in [0.717, 1.165) is 15.6 Å². The molecule has 0 aromatic heterocycles. The highest BCUT2D eigenvalue weighted by molar-refractivity contribution is 9.10. The Kier molecular flexibility index (Phi) is 6.55. The molecule has 0 aliphatic rings. The van der Waals surface area contributed by atoms with Crippen LogP contribution in [0.1, 0.15) is 28.3 Å². The maximum Gasteiger partial charge on any atom is 0.573 e. The summed E-state index contributed by atoms with van der Waals surface area (Å²) in [7, 11) is 0. The molecule has 0 saturated carbocycles. The summed E-state index contributed by atoms with van der Waals surface area (Å²) in [6.45, 7) is 3.66. The lowest BCUT2D eigenvalue weighted by Crippen LogP contribution is -2.17. The lowest BCUT2D eigenvalue weighted by Gasteiger charge is -2.19. The Hall–Kier alpha value is -1.44. The number of phenols is 1. The van der Waals surface area contributed by atoms with Crippen molar-refractivity contribution in [1.29, 1.82) is 0 Å². The first-order valence-electron chi connectivity index (χ1n) is 6.70. The summed E-state index contributed by atoms with van der Waals surface area (Å²) >= 11 is 3.44. The Morgan fingerprint density at radius 2 is 1.71 bits per heavy atom. The minimum atomic E-state index is -4.74. The van der Waals surface area contributed by atoms with Gasteiger partial charge in [0.05, 0.1) is 6.04 Å². The van der Waals surface area contributed by atoms with Gasteiger partial charge in [0.25, 0.3) is 0 Å². The van der Waals surface area contributed by atoms with Gasteiger partial charge < -0.3 is 15.6 Å². The summed E-state index contributed by atoms with van der Waals surface area (Å²) in [5.41, 5.74) is 8.90. The Labute approximate surface area is 152 Å². The third-order valence-corrected chi connectivity index (χ3v) is 4.71. The van der Waals surface area contributed by atoms with Gasteiger partial charge in [0.15, 0.2) is 0 Å². The minimum Gasteiger partial charge on any atom is -0.508 e. The van der Waals surface area contributed by atoms with Crippen molar-refractivity contribution in [2.75, 3.05) is 0 Å². The number of alkyl halides is 3. The van der Waals surface area contributed by atoms with Crippen molar-refractivity contribution in [3.63, 3.8) is 0 Å². The van der Waals surface area contributed by atoms with Gasteiger partial charge in [-0.1, -0.05) is 28.1 Å². The number of hydrogen-bond acceptors (Lipinski definition) is 3. The molecule has 0 unspecified atom stereocenters. The van der Waals surface area contributed by atoms with Crippen LogP contribution >= 0.6 is 28.3 Å². The summed E-state index contributed by atoms with van der Waals surface area (Å²) in [6, 6.07) is 6.19. The van der Waals surface area contributed by atoms with Gasteiger partial charge in [-0.3, -0.25) is 0 Å². The standard InChI is InChI=1S/C16H15BrF3NO2.ClH/c1-8-7-12(22)13(9(2)14(8)17)15(21)10-3-5-11(6-4-10)23-16(18,19)20;/h3-7,15,22H,21H2,1-2H3;1H/t15-;/m0./s1. The van der Waals surface area contributed by atoms with Crippen LogP contribution < -0.4 is 10.5 Å². The zero-order valence-corrected chi connectivity index (χ0v) is 15.2. The van der Waals surface area contributed by atoms with E-state index < -0.39 is 12.4 Å². The number of halogens is 5. The molecule has 2 aromatic carbocycles. The van der Waals surface area contributed by atoms with Crippen molar-refractivity contribution in [3.8, 4) is 11.5 Å². The quantitative estimate of drug-likeness (QED) is 0.714. The molecule has 0 radical (unpaired) electrons. The molecule has 0 aliphatic carbocycles. The summed E-state index contributed by atoms with van der Waals surface area (Å²) in [5, 5.41) is 10.2. The van der Waals surface area contributed by atoms with Crippen LogP contribution in [0.2, 0.25) is 0 Å². The first kappa shape index (κ1) is 20.6. The van der Waals surface area contributed by atoms with E-state index in [9.17, 15) is 18.3 Å². The summed E-state index contributed by atoms with van der Waals surface area (Å²) in [6.07, 6.45) is -4.74. The van der Waals surface area contributed by atoms with Crippen LogP contribution in [0.25, 0.3) is 0 Å². The molecule has 2 rings (SSSR count). The molecule has 0 aliphatic heterocycles. The average Bonchev–Trinajstić information content (AvgIpc) is 2.44. The van der Waals surface area contributed by atoms with Crippen molar-refractivity contribution in [2.45, 2.75) is 26.3 Å². The molecule has 1 atom stereocenters. The van der Waals surface area contributed by atoms with Gasteiger partial charge in [-0.25, -0.2) is 0 Å². The van der Waals surface area contributed by atoms with E-state index in [2.05, 4.69) is 20.7 Å². The van der Waals surface area contributed by atoms with Crippen LogP contribution in [0, 0.1) is 13.8 Å².